The average molecular weight is 495 g/mol. The van der Waals surface area contributed by atoms with Gasteiger partial charge >= 0.3 is 0 Å². The van der Waals surface area contributed by atoms with Gasteiger partial charge in [0.2, 0.25) is 0 Å². The zero-order valence-electron chi connectivity index (χ0n) is 21.6. The Morgan fingerprint density at radius 2 is 1.70 bits per heavy atom. The fourth-order valence-corrected chi connectivity index (χ4v) is 5.03. The van der Waals surface area contributed by atoms with Gasteiger partial charge in [-0.1, -0.05) is 63.2 Å². The molecule has 3 aromatic carbocycles. The van der Waals surface area contributed by atoms with Crippen LogP contribution < -0.4 is 9.64 Å². The van der Waals surface area contributed by atoms with Crippen molar-refractivity contribution in [3.8, 4) is 5.75 Å². The van der Waals surface area contributed by atoms with Crippen LogP contribution in [0.1, 0.15) is 49.1 Å². The second-order valence-corrected chi connectivity index (χ2v) is 10.4. The van der Waals surface area contributed by atoms with E-state index in [-0.39, 0.29) is 16.7 Å². The molecule has 4 aromatic rings. The molecule has 1 aliphatic heterocycles. The molecule has 1 fully saturated rings. The van der Waals surface area contributed by atoms with Crippen LogP contribution >= 0.6 is 0 Å². The molecule has 2 N–H and O–H groups in total. The summed E-state index contributed by atoms with van der Waals surface area (Å²) in [7, 11) is 1.52. The summed E-state index contributed by atoms with van der Waals surface area (Å²) in [5.41, 5.74) is 4.24. The van der Waals surface area contributed by atoms with Gasteiger partial charge in [0, 0.05) is 28.4 Å². The topological polar surface area (TPSA) is 82.6 Å². The first kappa shape index (κ1) is 24.4. The molecule has 188 valence electrons. The van der Waals surface area contributed by atoms with E-state index in [1.807, 2.05) is 73.8 Å². The summed E-state index contributed by atoms with van der Waals surface area (Å²) in [6.07, 6.45) is 1.81. The maximum Gasteiger partial charge on any atom is 0.300 e. The minimum atomic E-state index is -0.833. The normalized spacial score (nSPS) is 17.5. The van der Waals surface area contributed by atoms with Gasteiger partial charge in [-0.2, -0.15) is 0 Å². The lowest BCUT2D eigenvalue weighted by molar-refractivity contribution is -0.132. The van der Waals surface area contributed by atoms with Crippen LogP contribution in [-0.4, -0.2) is 28.9 Å². The van der Waals surface area contributed by atoms with Gasteiger partial charge in [-0.05, 0) is 47.7 Å². The monoisotopic (exact) mass is 494 g/mol. The zero-order valence-corrected chi connectivity index (χ0v) is 21.6. The number of Topliss-reactive ketones (excluding diaryl/α,β-unsaturated/α-hetero) is 1. The highest BCUT2D eigenvalue weighted by atomic mass is 16.5. The number of nitrogens with zero attached hydrogens (tertiary/aromatic N) is 1. The summed E-state index contributed by atoms with van der Waals surface area (Å²) in [5, 5.41) is 12.6. The van der Waals surface area contributed by atoms with Gasteiger partial charge in [-0.15, -0.1) is 0 Å². The summed E-state index contributed by atoms with van der Waals surface area (Å²) in [6, 6.07) is 19.9. The molecule has 0 aliphatic carbocycles. The predicted octanol–water partition coefficient (Wildman–Crippen LogP) is 6.41. The summed E-state index contributed by atoms with van der Waals surface area (Å²) in [4.78, 5) is 32.0. The molecule has 6 heteroatoms. The lowest BCUT2D eigenvalue weighted by Crippen LogP contribution is -2.30. The minimum absolute atomic E-state index is 0.0300. The number of hydrogen-bond acceptors (Lipinski definition) is 4. The Bertz CT molecular complexity index is 1570. The molecule has 1 atom stereocenters. The number of H-pyrrole nitrogens is 1. The van der Waals surface area contributed by atoms with Crippen LogP contribution in [-0.2, 0) is 15.0 Å². The molecule has 0 spiro atoms. The minimum Gasteiger partial charge on any atom is -0.507 e. The SMILES string of the molecule is COc1ccc(C(C)(C)C)cc1/C(O)=C1\C(=O)C(=O)N(c2ccccc2C)C1c1c[nH]c2ccccc12. The number of aliphatic hydroxyl groups is 1. The molecular weight excluding hydrogens is 464 g/mol. The average Bonchev–Trinajstić information content (AvgIpc) is 3.41. The largest absolute Gasteiger partial charge is 0.507 e. The molecule has 6 nitrogen and oxygen atoms in total. The Hall–Kier alpha value is -4.32. The summed E-state index contributed by atoms with van der Waals surface area (Å²) >= 11 is 0. The number of carbonyl (C=O) groups is 2. The number of carbonyl (C=O) groups excluding carboxylic acids is 2. The molecule has 37 heavy (non-hydrogen) atoms. The second-order valence-electron chi connectivity index (χ2n) is 10.4. The van der Waals surface area contributed by atoms with Crippen molar-refractivity contribution in [1.29, 1.82) is 0 Å². The summed E-state index contributed by atoms with van der Waals surface area (Å²) in [5.74, 6) is -1.26. The van der Waals surface area contributed by atoms with Gasteiger partial charge < -0.3 is 14.8 Å². The molecule has 1 aliphatic rings. The molecule has 0 saturated carbocycles. The van der Waals surface area contributed by atoms with E-state index < -0.39 is 17.7 Å². The number of ketones is 1. The molecule has 5 rings (SSSR count). The van der Waals surface area contributed by atoms with Crippen LogP contribution in [0.25, 0.3) is 16.7 Å². The molecule has 1 saturated heterocycles. The third-order valence-electron chi connectivity index (χ3n) is 7.06. The lowest BCUT2D eigenvalue weighted by atomic mass is 9.85. The van der Waals surface area contributed by atoms with E-state index in [1.54, 1.807) is 6.07 Å². The van der Waals surface area contributed by atoms with Gasteiger partial charge in [-0.3, -0.25) is 14.5 Å². The second kappa shape index (κ2) is 8.96. The predicted molar refractivity (Wildman–Crippen MR) is 146 cm³/mol. The number of fused-ring (bicyclic) bond motifs is 1. The van der Waals surface area contributed by atoms with Crippen LogP contribution in [0.4, 0.5) is 5.69 Å². The van der Waals surface area contributed by atoms with Crippen molar-refractivity contribution in [2.45, 2.75) is 39.2 Å². The first-order valence-corrected chi connectivity index (χ1v) is 12.2. The van der Waals surface area contributed by atoms with Crippen molar-refractivity contribution in [2.75, 3.05) is 12.0 Å². The number of ether oxygens (including phenoxy) is 1. The summed E-state index contributed by atoms with van der Waals surface area (Å²) in [6.45, 7) is 8.11. The first-order chi connectivity index (χ1) is 17.6. The Balaban J connectivity index is 1.82. The maximum atomic E-state index is 13.7. The van der Waals surface area contributed by atoms with E-state index in [1.165, 1.54) is 12.0 Å². The van der Waals surface area contributed by atoms with Crippen LogP contribution in [0, 0.1) is 6.92 Å². The molecule has 0 radical (unpaired) electrons. The quantitative estimate of drug-likeness (QED) is 0.195. The smallest absolute Gasteiger partial charge is 0.300 e. The number of anilines is 1. The van der Waals surface area contributed by atoms with E-state index in [9.17, 15) is 14.7 Å². The number of aliphatic hydroxyl groups excluding tert-OH is 1. The third-order valence-corrected chi connectivity index (χ3v) is 7.06. The first-order valence-electron chi connectivity index (χ1n) is 12.2. The Morgan fingerprint density at radius 1 is 1.00 bits per heavy atom. The molecule has 0 bridgehead atoms. The number of para-hydroxylation sites is 2. The van der Waals surface area contributed by atoms with Crippen molar-refractivity contribution in [3.05, 3.63) is 101 Å². The standard InChI is InChI=1S/C31H30N2O4/c1-18-10-6-9-13-24(18)33-27(22-17-32-23-12-8-7-11-20(22)23)26(29(35)30(33)36)28(34)21-16-19(31(2,3)4)14-15-25(21)37-5/h6-17,27,32,34H,1-5H3/b28-26+. The lowest BCUT2D eigenvalue weighted by Gasteiger charge is -2.26. The number of aryl methyl sites for hydroxylation is 1. The highest BCUT2D eigenvalue weighted by Crippen LogP contribution is 2.46. The Kier molecular flexibility index (Phi) is 5.91. The van der Waals surface area contributed by atoms with Crippen LogP contribution in [0.5, 0.6) is 5.75 Å². The highest BCUT2D eigenvalue weighted by molar-refractivity contribution is 6.52. The molecule has 1 amide bonds. The number of aromatic nitrogens is 1. The van der Waals surface area contributed by atoms with Crippen molar-refractivity contribution in [3.63, 3.8) is 0 Å². The Labute approximate surface area is 216 Å². The fraction of sp³-hybridized carbons (Fsp3) is 0.226. The highest BCUT2D eigenvalue weighted by Gasteiger charge is 2.48. The van der Waals surface area contributed by atoms with E-state index in [4.69, 9.17) is 4.74 Å². The van der Waals surface area contributed by atoms with Crippen LogP contribution in [0.2, 0.25) is 0 Å². The number of benzene rings is 3. The molecule has 2 heterocycles. The number of aromatic amines is 1. The molecule has 1 aromatic heterocycles. The summed E-state index contributed by atoms with van der Waals surface area (Å²) < 4.78 is 5.57. The van der Waals surface area contributed by atoms with Crippen LogP contribution in [0.3, 0.4) is 0 Å². The van der Waals surface area contributed by atoms with Crippen molar-refractivity contribution in [1.82, 2.24) is 4.98 Å². The number of methoxy groups -OCH3 is 1. The van der Waals surface area contributed by atoms with Crippen molar-refractivity contribution in [2.24, 2.45) is 0 Å². The number of rotatable bonds is 4. The maximum absolute atomic E-state index is 13.7. The van der Waals surface area contributed by atoms with Gasteiger partial charge in [0.25, 0.3) is 11.7 Å². The van der Waals surface area contributed by atoms with Crippen molar-refractivity contribution < 1.29 is 19.4 Å². The van der Waals surface area contributed by atoms with Gasteiger partial charge in [0.05, 0.1) is 24.3 Å². The van der Waals surface area contributed by atoms with Gasteiger partial charge in [-0.25, -0.2) is 0 Å². The van der Waals surface area contributed by atoms with E-state index in [0.717, 1.165) is 27.6 Å². The number of amides is 1. The Morgan fingerprint density at radius 3 is 2.41 bits per heavy atom. The van der Waals surface area contributed by atoms with Gasteiger partial charge in [0.1, 0.15) is 11.5 Å². The van der Waals surface area contributed by atoms with E-state index in [2.05, 4.69) is 25.8 Å². The number of nitrogens with one attached hydrogen (secondary N) is 1. The van der Waals surface area contributed by atoms with E-state index in [0.29, 0.717) is 17.0 Å². The van der Waals surface area contributed by atoms with Gasteiger partial charge in [0.15, 0.2) is 0 Å². The van der Waals surface area contributed by atoms with Crippen molar-refractivity contribution >= 4 is 34.0 Å². The molecular formula is C31H30N2O4. The third kappa shape index (κ3) is 3.99. The van der Waals surface area contributed by atoms with E-state index >= 15 is 0 Å². The number of hydrogen-bond donors (Lipinski definition) is 2. The zero-order chi connectivity index (χ0) is 26.5. The molecule has 1 unspecified atom stereocenters. The van der Waals surface area contributed by atoms with Crippen LogP contribution in [0.15, 0.2) is 78.5 Å². The fourth-order valence-electron chi connectivity index (χ4n) is 5.03.